The van der Waals surface area contributed by atoms with Crippen LogP contribution in [0.2, 0.25) is 0 Å². The Balaban J connectivity index is 1.82. The van der Waals surface area contributed by atoms with E-state index in [-0.39, 0.29) is 12.0 Å². The molecule has 1 aliphatic heterocycles. The van der Waals surface area contributed by atoms with E-state index in [9.17, 15) is 4.79 Å². The highest BCUT2D eigenvalue weighted by atomic mass is 16.5. The summed E-state index contributed by atoms with van der Waals surface area (Å²) in [6, 6.07) is 0.628. The fourth-order valence-corrected chi connectivity index (χ4v) is 1.75. The standard InChI is InChI=1S/C8H13NO2/c1-2-11-8(10)7-4-5-3-6(5)9-7/h5-7,9H,2-4H2,1H3/t5-,6-,7-/m0/s1. The minimum atomic E-state index is -0.0697. The van der Waals surface area contributed by atoms with E-state index in [1.165, 1.54) is 6.42 Å². The van der Waals surface area contributed by atoms with Crippen LogP contribution in [-0.2, 0) is 9.53 Å². The molecule has 0 unspecified atom stereocenters. The lowest BCUT2D eigenvalue weighted by atomic mass is 10.2. The number of rotatable bonds is 2. The summed E-state index contributed by atoms with van der Waals surface area (Å²) in [6.45, 7) is 2.33. The van der Waals surface area contributed by atoms with E-state index < -0.39 is 0 Å². The average molecular weight is 155 g/mol. The number of fused-ring (bicyclic) bond motifs is 1. The molecule has 1 saturated carbocycles. The van der Waals surface area contributed by atoms with Crippen LogP contribution < -0.4 is 5.32 Å². The molecule has 1 N–H and O–H groups in total. The number of hydrogen-bond donors (Lipinski definition) is 1. The van der Waals surface area contributed by atoms with E-state index >= 15 is 0 Å². The molecule has 2 fully saturated rings. The van der Waals surface area contributed by atoms with Crippen molar-refractivity contribution in [2.45, 2.75) is 31.8 Å². The predicted molar refractivity (Wildman–Crippen MR) is 40.1 cm³/mol. The molecule has 0 aromatic heterocycles. The number of carbonyl (C=O) groups is 1. The topological polar surface area (TPSA) is 38.3 Å². The third kappa shape index (κ3) is 1.25. The van der Waals surface area contributed by atoms with Crippen molar-refractivity contribution in [3.05, 3.63) is 0 Å². The highest BCUT2D eigenvalue weighted by Gasteiger charge is 2.48. The van der Waals surface area contributed by atoms with Gasteiger partial charge in [0.05, 0.1) is 6.61 Å². The minimum Gasteiger partial charge on any atom is -0.465 e. The fourth-order valence-electron chi connectivity index (χ4n) is 1.75. The molecule has 11 heavy (non-hydrogen) atoms. The van der Waals surface area contributed by atoms with E-state index in [0.29, 0.717) is 12.6 Å². The van der Waals surface area contributed by atoms with Crippen LogP contribution in [-0.4, -0.2) is 24.7 Å². The Labute approximate surface area is 66.1 Å². The number of piperidine rings is 1. The SMILES string of the molecule is CCOC(=O)[C@@H]1C[C@@H]2C[C@@H]2N1. The van der Waals surface area contributed by atoms with Gasteiger partial charge in [0.1, 0.15) is 6.04 Å². The van der Waals surface area contributed by atoms with Crippen molar-refractivity contribution in [2.75, 3.05) is 6.61 Å². The van der Waals surface area contributed by atoms with E-state index in [1.54, 1.807) is 0 Å². The monoisotopic (exact) mass is 155 g/mol. The third-order valence-corrected chi connectivity index (χ3v) is 2.45. The molecule has 0 amide bonds. The molecule has 2 aliphatic rings. The van der Waals surface area contributed by atoms with Crippen LogP contribution in [0.4, 0.5) is 0 Å². The van der Waals surface area contributed by atoms with Crippen molar-refractivity contribution in [1.29, 1.82) is 0 Å². The molecular weight excluding hydrogens is 142 g/mol. The quantitative estimate of drug-likeness (QED) is 0.583. The van der Waals surface area contributed by atoms with Crippen molar-refractivity contribution in [3.8, 4) is 0 Å². The molecule has 62 valence electrons. The minimum absolute atomic E-state index is 0.00120. The maximum atomic E-state index is 11.1. The smallest absolute Gasteiger partial charge is 0.323 e. The van der Waals surface area contributed by atoms with Crippen LogP contribution in [0, 0.1) is 5.92 Å². The first-order valence-electron chi connectivity index (χ1n) is 4.24. The first-order chi connectivity index (χ1) is 5.31. The third-order valence-electron chi connectivity index (χ3n) is 2.45. The molecule has 0 aromatic carbocycles. The van der Waals surface area contributed by atoms with Crippen molar-refractivity contribution >= 4 is 5.97 Å². The maximum absolute atomic E-state index is 11.1. The van der Waals surface area contributed by atoms with E-state index in [0.717, 1.165) is 12.3 Å². The van der Waals surface area contributed by atoms with E-state index in [4.69, 9.17) is 4.74 Å². The highest BCUT2D eigenvalue weighted by molar-refractivity contribution is 5.76. The summed E-state index contributed by atoms with van der Waals surface area (Å²) in [5.74, 6) is 0.698. The number of nitrogens with one attached hydrogen (secondary N) is 1. The number of esters is 1. The summed E-state index contributed by atoms with van der Waals surface area (Å²) in [4.78, 5) is 11.1. The molecule has 2 rings (SSSR count). The second-order valence-corrected chi connectivity index (χ2v) is 3.31. The lowest BCUT2D eigenvalue weighted by molar-refractivity contribution is -0.145. The van der Waals surface area contributed by atoms with Crippen molar-refractivity contribution in [2.24, 2.45) is 5.92 Å². The summed E-state index contributed by atoms with van der Waals surface area (Å²) in [5.41, 5.74) is 0. The zero-order valence-electron chi connectivity index (χ0n) is 6.67. The van der Waals surface area contributed by atoms with Gasteiger partial charge in [-0.2, -0.15) is 0 Å². The van der Waals surface area contributed by atoms with Gasteiger partial charge in [0.2, 0.25) is 0 Å². The molecule has 0 aromatic rings. The summed E-state index contributed by atoms with van der Waals surface area (Å²) in [6.07, 6.45) is 2.25. The Morgan fingerprint density at radius 3 is 3.00 bits per heavy atom. The van der Waals surface area contributed by atoms with Crippen LogP contribution >= 0.6 is 0 Å². The van der Waals surface area contributed by atoms with Gasteiger partial charge in [-0.3, -0.25) is 4.79 Å². The average Bonchev–Trinajstić information content (AvgIpc) is 2.59. The Bertz CT molecular complexity index is 171. The van der Waals surface area contributed by atoms with Crippen LogP contribution in [0.25, 0.3) is 0 Å². The highest BCUT2D eigenvalue weighted by Crippen LogP contribution is 2.40. The zero-order chi connectivity index (χ0) is 7.84. The molecule has 0 spiro atoms. The van der Waals surface area contributed by atoms with Crippen LogP contribution in [0.5, 0.6) is 0 Å². The van der Waals surface area contributed by atoms with Crippen molar-refractivity contribution in [3.63, 3.8) is 0 Å². The Morgan fingerprint density at radius 2 is 2.45 bits per heavy atom. The normalized spacial score (nSPS) is 39.9. The molecule has 1 heterocycles. The summed E-state index contributed by atoms with van der Waals surface area (Å²) >= 11 is 0. The van der Waals surface area contributed by atoms with Crippen LogP contribution in [0.1, 0.15) is 19.8 Å². The molecule has 3 atom stereocenters. The van der Waals surface area contributed by atoms with Gasteiger partial charge in [-0.1, -0.05) is 0 Å². The zero-order valence-corrected chi connectivity index (χ0v) is 6.67. The number of carbonyl (C=O) groups excluding carboxylic acids is 1. The molecule has 3 heteroatoms. The summed E-state index contributed by atoms with van der Waals surface area (Å²) in [5, 5.41) is 3.24. The van der Waals surface area contributed by atoms with E-state index in [2.05, 4.69) is 5.32 Å². The fraction of sp³-hybridized carbons (Fsp3) is 0.875. The lowest BCUT2D eigenvalue weighted by Gasteiger charge is -2.10. The Kier molecular flexibility index (Phi) is 1.60. The van der Waals surface area contributed by atoms with Crippen LogP contribution in [0.3, 0.4) is 0 Å². The summed E-state index contributed by atoms with van der Waals surface area (Å²) < 4.78 is 4.89. The van der Waals surface area contributed by atoms with Gasteiger partial charge in [-0.05, 0) is 25.7 Å². The van der Waals surface area contributed by atoms with Crippen molar-refractivity contribution < 1.29 is 9.53 Å². The van der Waals surface area contributed by atoms with Gasteiger partial charge in [-0.25, -0.2) is 0 Å². The molecular formula is C8H13NO2. The molecule has 0 radical (unpaired) electrons. The van der Waals surface area contributed by atoms with Crippen molar-refractivity contribution in [1.82, 2.24) is 5.32 Å². The molecule has 1 saturated heterocycles. The molecule has 0 bridgehead atoms. The number of ether oxygens (including phenoxy) is 1. The van der Waals surface area contributed by atoms with Crippen LogP contribution in [0.15, 0.2) is 0 Å². The van der Waals surface area contributed by atoms with Gasteiger partial charge >= 0.3 is 5.97 Å². The van der Waals surface area contributed by atoms with Gasteiger partial charge < -0.3 is 10.1 Å². The molecule has 3 nitrogen and oxygen atoms in total. The number of hydrogen-bond acceptors (Lipinski definition) is 3. The first-order valence-corrected chi connectivity index (χ1v) is 4.24. The van der Waals surface area contributed by atoms with E-state index in [1.807, 2.05) is 6.92 Å². The Morgan fingerprint density at radius 1 is 1.64 bits per heavy atom. The molecule has 1 aliphatic carbocycles. The van der Waals surface area contributed by atoms with Gasteiger partial charge in [-0.15, -0.1) is 0 Å². The largest absolute Gasteiger partial charge is 0.465 e. The first kappa shape index (κ1) is 7.10. The second-order valence-electron chi connectivity index (χ2n) is 3.31. The predicted octanol–water partition coefficient (Wildman–Crippen LogP) is 0.300. The van der Waals surface area contributed by atoms with Gasteiger partial charge in [0, 0.05) is 6.04 Å². The second kappa shape index (κ2) is 2.48. The Hall–Kier alpha value is -0.570. The van der Waals surface area contributed by atoms with Gasteiger partial charge in [0.25, 0.3) is 0 Å². The maximum Gasteiger partial charge on any atom is 0.323 e. The summed E-state index contributed by atoms with van der Waals surface area (Å²) in [7, 11) is 0. The van der Waals surface area contributed by atoms with Gasteiger partial charge in [0.15, 0.2) is 0 Å². The lowest BCUT2D eigenvalue weighted by Crippen LogP contribution is -2.35.